The summed E-state index contributed by atoms with van der Waals surface area (Å²) in [6.07, 6.45) is 0. The summed E-state index contributed by atoms with van der Waals surface area (Å²) in [6.45, 7) is 0. The van der Waals surface area contributed by atoms with E-state index in [-0.39, 0.29) is 0 Å². The zero-order valence-electron chi connectivity index (χ0n) is 34.5. The summed E-state index contributed by atoms with van der Waals surface area (Å²) in [5.74, 6) is 0. The standard InChI is InChI=1S/C60H36N2OS/c1-6-25-53-45(15-1)48-22-10-20-43(59(48)62(53)40-32-29-37(30-33-40)44-21-11-23-49-47-17-3-7-26-55(47)63-60(44)49)39-31-34-54-51(36-39)46-16-2-5-24-52(46)61(54)41-14-9-13-38(35-41)42-19-12-28-57-58(42)50-18-4-8-27-56(50)64-57/h1-36H. The van der Waals surface area contributed by atoms with Crippen molar-refractivity contribution < 1.29 is 4.42 Å². The molecule has 0 saturated carbocycles. The lowest BCUT2D eigenvalue weighted by Crippen LogP contribution is -1.96. The Morgan fingerprint density at radius 2 is 0.922 bits per heavy atom. The van der Waals surface area contributed by atoms with Crippen LogP contribution in [-0.2, 0) is 0 Å². The molecule has 0 amide bonds. The molecule has 14 rings (SSSR count). The fourth-order valence-corrected chi connectivity index (χ4v) is 11.7. The van der Waals surface area contributed by atoms with Gasteiger partial charge in [-0.3, -0.25) is 0 Å². The number of thiophene rings is 1. The van der Waals surface area contributed by atoms with Crippen molar-refractivity contribution in [2.75, 3.05) is 0 Å². The Labute approximate surface area is 371 Å². The molecule has 0 aliphatic rings. The van der Waals surface area contributed by atoms with E-state index in [9.17, 15) is 0 Å². The summed E-state index contributed by atoms with van der Waals surface area (Å²) in [6, 6.07) is 79.7. The minimum absolute atomic E-state index is 0.910. The van der Waals surface area contributed by atoms with Gasteiger partial charge in [0.15, 0.2) is 0 Å². The monoisotopic (exact) mass is 832 g/mol. The van der Waals surface area contributed by atoms with E-state index in [4.69, 9.17) is 4.42 Å². The summed E-state index contributed by atoms with van der Waals surface area (Å²) >= 11 is 1.87. The maximum atomic E-state index is 6.45. The van der Waals surface area contributed by atoms with Gasteiger partial charge in [-0.25, -0.2) is 0 Å². The Balaban J connectivity index is 0.924. The van der Waals surface area contributed by atoms with E-state index in [2.05, 4.69) is 215 Å². The number of hydrogen-bond donors (Lipinski definition) is 0. The van der Waals surface area contributed by atoms with E-state index in [1.165, 1.54) is 86.0 Å². The van der Waals surface area contributed by atoms with Gasteiger partial charge in [0, 0.05) is 75.0 Å². The molecule has 0 atom stereocenters. The van der Waals surface area contributed by atoms with E-state index in [0.29, 0.717) is 0 Å². The second kappa shape index (κ2) is 13.7. The Kier molecular flexibility index (Phi) is 7.56. The molecule has 4 aromatic heterocycles. The molecule has 0 aliphatic carbocycles. The average Bonchev–Trinajstić information content (AvgIpc) is 4.12. The van der Waals surface area contributed by atoms with Crippen molar-refractivity contribution in [2.45, 2.75) is 0 Å². The third-order valence-electron chi connectivity index (χ3n) is 13.3. The highest BCUT2D eigenvalue weighted by molar-refractivity contribution is 7.25. The van der Waals surface area contributed by atoms with Gasteiger partial charge in [-0.05, 0) is 89.0 Å². The van der Waals surface area contributed by atoms with Crippen LogP contribution in [0.1, 0.15) is 0 Å². The quantitative estimate of drug-likeness (QED) is 0.169. The van der Waals surface area contributed by atoms with Crippen molar-refractivity contribution in [3.05, 3.63) is 218 Å². The molecule has 10 aromatic carbocycles. The lowest BCUT2D eigenvalue weighted by Gasteiger charge is -2.13. The number of fused-ring (bicyclic) bond motifs is 12. The van der Waals surface area contributed by atoms with Gasteiger partial charge >= 0.3 is 0 Å². The zero-order valence-corrected chi connectivity index (χ0v) is 35.3. The molecule has 0 unspecified atom stereocenters. The minimum atomic E-state index is 0.910. The van der Waals surface area contributed by atoms with Crippen molar-refractivity contribution in [1.29, 1.82) is 0 Å². The second-order valence-corrected chi connectivity index (χ2v) is 17.9. The average molecular weight is 833 g/mol. The predicted octanol–water partition coefficient (Wildman–Crippen LogP) is 17.1. The second-order valence-electron chi connectivity index (χ2n) is 16.8. The zero-order chi connectivity index (χ0) is 41.9. The van der Waals surface area contributed by atoms with Crippen LogP contribution in [0.25, 0.3) is 130 Å². The van der Waals surface area contributed by atoms with E-state index in [1.807, 2.05) is 23.5 Å². The highest BCUT2D eigenvalue weighted by Gasteiger charge is 2.20. The molecule has 4 heteroatoms. The normalized spacial score (nSPS) is 12.1. The maximum absolute atomic E-state index is 6.45. The van der Waals surface area contributed by atoms with Crippen molar-refractivity contribution in [3.63, 3.8) is 0 Å². The summed E-state index contributed by atoms with van der Waals surface area (Å²) < 4.78 is 14.0. The van der Waals surface area contributed by atoms with Gasteiger partial charge in [0.2, 0.25) is 0 Å². The number of hydrogen-bond acceptors (Lipinski definition) is 2. The largest absolute Gasteiger partial charge is 0.455 e. The van der Waals surface area contributed by atoms with Crippen LogP contribution in [0.2, 0.25) is 0 Å². The first-order chi connectivity index (χ1) is 31.7. The van der Waals surface area contributed by atoms with Crippen LogP contribution < -0.4 is 0 Å². The van der Waals surface area contributed by atoms with Crippen LogP contribution in [0.5, 0.6) is 0 Å². The predicted molar refractivity (Wildman–Crippen MR) is 272 cm³/mol. The SMILES string of the molecule is c1cc(-c2cccc3sc4ccccc4c23)cc(-n2c3ccccc3c3cc(-c4cccc5c6ccccc6n(-c6ccc(-c7cccc8c7oc7ccccc78)cc6)c45)ccc32)c1. The van der Waals surface area contributed by atoms with Gasteiger partial charge in [0.1, 0.15) is 11.2 Å². The van der Waals surface area contributed by atoms with Gasteiger partial charge in [-0.15, -0.1) is 11.3 Å². The van der Waals surface area contributed by atoms with E-state index >= 15 is 0 Å². The van der Waals surface area contributed by atoms with Gasteiger partial charge in [-0.2, -0.15) is 0 Å². The molecule has 0 N–H and O–H groups in total. The van der Waals surface area contributed by atoms with Gasteiger partial charge in [0.25, 0.3) is 0 Å². The smallest absolute Gasteiger partial charge is 0.143 e. The molecule has 3 nitrogen and oxygen atoms in total. The number of furan rings is 1. The lowest BCUT2D eigenvalue weighted by molar-refractivity contribution is 0.670. The Morgan fingerprint density at radius 3 is 1.78 bits per heavy atom. The summed E-state index contributed by atoms with van der Waals surface area (Å²) in [4.78, 5) is 0. The third-order valence-corrected chi connectivity index (χ3v) is 14.5. The van der Waals surface area contributed by atoms with Crippen LogP contribution in [0.4, 0.5) is 0 Å². The molecule has 14 aromatic rings. The summed E-state index contributed by atoms with van der Waals surface area (Å²) in [5.41, 5.74) is 15.9. The first kappa shape index (κ1) is 35.4. The fraction of sp³-hybridized carbons (Fsp3) is 0. The van der Waals surface area contributed by atoms with Gasteiger partial charge < -0.3 is 13.6 Å². The number of nitrogens with zero attached hydrogens (tertiary/aromatic N) is 2. The molecule has 0 spiro atoms. The maximum Gasteiger partial charge on any atom is 0.143 e. The molecule has 0 saturated heterocycles. The first-order valence-electron chi connectivity index (χ1n) is 21.8. The topological polar surface area (TPSA) is 23.0 Å². The van der Waals surface area contributed by atoms with Crippen LogP contribution in [0.15, 0.2) is 223 Å². The highest BCUT2D eigenvalue weighted by atomic mass is 32.1. The Hall–Kier alpha value is -8.18. The number of para-hydroxylation sites is 5. The van der Waals surface area contributed by atoms with E-state index in [0.717, 1.165) is 44.4 Å². The molecule has 0 bridgehead atoms. The van der Waals surface area contributed by atoms with Crippen molar-refractivity contribution in [3.8, 4) is 44.8 Å². The van der Waals surface area contributed by atoms with Crippen molar-refractivity contribution >= 4 is 97.1 Å². The van der Waals surface area contributed by atoms with Gasteiger partial charge in [0.05, 0.1) is 22.1 Å². The highest BCUT2D eigenvalue weighted by Crippen LogP contribution is 2.44. The van der Waals surface area contributed by atoms with Crippen LogP contribution in [0, 0.1) is 0 Å². The molecular formula is C60H36N2OS. The van der Waals surface area contributed by atoms with Crippen LogP contribution >= 0.6 is 11.3 Å². The lowest BCUT2D eigenvalue weighted by atomic mass is 9.99. The molecule has 4 heterocycles. The van der Waals surface area contributed by atoms with E-state index < -0.39 is 0 Å². The molecule has 298 valence electrons. The first-order valence-corrected chi connectivity index (χ1v) is 22.6. The molecule has 64 heavy (non-hydrogen) atoms. The minimum Gasteiger partial charge on any atom is -0.455 e. The Morgan fingerprint density at radius 1 is 0.328 bits per heavy atom. The molecule has 0 radical (unpaired) electrons. The van der Waals surface area contributed by atoms with Crippen molar-refractivity contribution in [1.82, 2.24) is 9.13 Å². The fourth-order valence-electron chi connectivity index (χ4n) is 10.5. The van der Waals surface area contributed by atoms with Crippen LogP contribution in [0.3, 0.4) is 0 Å². The summed E-state index contributed by atoms with van der Waals surface area (Å²) in [7, 11) is 0. The molecular weight excluding hydrogens is 797 g/mol. The number of aromatic nitrogens is 2. The van der Waals surface area contributed by atoms with Crippen LogP contribution in [-0.4, -0.2) is 9.13 Å². The molecule has 0 fully saturated rings. The third kappa shape index (κ3) is 5.15. The van der Waals surface area contributed by atoms with E-state index in [1.54, 1.807) is 0 Å². The molecule has 0 aliphatic heterocycles. The number of benzene rings is 10. The Bertz CT molecular complexity index is 4200. The van der Waals surface area contributed by atoms with Crippen molar-refractivity contribution in [2.24, 2.45) is 0 Å². The number of rotatable bonds is 5. The van der Waals surface area contributed by atoms with Gasteiger partial charge in [-0.1, -0.05) is 152 Å². The summed E-state index contributed by atoms with van der Waals surface area (Å²) in [5, 5.41) is 9.86.